The molecule has 0 unspecified atom stereocenters. The number of halogens is 1. The highest BCUT2D eigenvalue weighted by molar-refractivity contribution is 5.91. The number of esters is 1. The maximum atomic E-state index is 14.8. The number of rotatable bonds is 7. The molecule has 0 saturated heterocycles. The summed E-state index contributed by atoms with van der Waals surface area (Å²) in [6, 6.07) is 12.9. The second-order valence-corrected chi connectivity index (χ2v) is 10.3. The van der Waals surface area contributed by atoms with Gasteiger partial charge in [0.05, 0.1) is 5.56 Å². The van der Waals surface area contributed by atoms with Gasteiger partial charge in [-0.05, 0) is 110 Å². The Bertz CT molecular complexity index is 903. The molecule has 0 aromatic heterocycles. The molecule has 2 aromatic carbocycles. The van der Waals surface area contributed by atoms with Gasteiger partial charge in [0.15, 0.2) is 0 Å². The highest BCUT2D eigenvalue weighted by Gasteiger charge is 2.24. The van der Waals surface area contributed by atoms with Crippen LogP contribution in [0, 0.1) is 17.7 Å². The Labute approximate surface area is 198 Å². The van der Waals surface area contributed by atoms with Gasteiger partial charge in [0.25, 0.3) is 0 Å². The zero-order valence-electron chi connectivity index (χ0n) is 20.3. The summed E-state index contributed by atoms with van der Waals surface area (Å²) in [5.41, 5.74) is 2.34. The fourth-order valence-electron chi connectivity index (χ4n) is 6.02. The smallest absolute Gasteiger partial charge is 0.346 e. The van der Waals surface area contributed by atoms with Crippen LogP contribution >= 0.6 is 0 Å². The lowest BCUT2D eigenvalue weighted by Gasteiger charge is -2.28. The average molecular weight is 451 g/mol. The molecule has 178 valence electrons. The van der Waals surface area contributed by atoms with Crippen LogP contribution in [0.5, 0.6) is 5.75 Å². The Morgan fingerprint density at radius 1 is 0.818 bits per heavy atom. The zero-order chi connectivity index (χ0) is 23.2. The van der Waals surface area contributed by atoms with Crippen molar-refractivity contribution in [2.75, 3.05) is 0 Å². The summed E-state index contributed by atoms with van der Waals surface area (Å²) in [7, 11) is 0. The van der Waals surface area contributed by atoms with Gasteiger partial charge in [0.1, 0.15) is 11.6 Å². The Hall–Kier alpha value is -2.16. The summed E-state index contributed by atoms with van der Waals surface area (Å²) in [4.78, 5) is 12.6. The van der Waals surface area contributed by atoms with Crippen LogP contribution in [-0.4, -0.2) is 5.97 Å². The molecule has 0 spiro atoms. The van der Waals surface area contributed by atoms with E-state index < -0.39 is 11.8 Å². The molecule has 0 N–H and O–H groups in total. The predicted octanol–water partition coefficient (Wildman–Crippen LogP) is 8.80. The van der Waals surface area contributed by atoms with E-state index in [9.17, 15) is 9.18 Å². The topological polar surface area (TPSA) is 26.3 Å². The first kappa shape index (κ1) is 24.0. The standard InChI is InChI=1S/C30H39FO2/c1-3-5-22-8-12-23(13-9-22)24-14-17-27(18-15-24)33-30(32)28-19-16-26(20-29(28)31)25-10-6-21(4-2)7-11-25/h14-23,25H,3-13H2,1-2H3/t21?,22-,23-,25?. The van der Waals surface area contributed by atoms with Gasteiger partial charge in [-0.2, -0.15) is 0 Å². The lowest BCUT2D eigenvalue weighted by Crippen LogP contribution is -2.15. The van der Waals surface area contributed by atoms with Gasteiger partial charge >= 0.3 is 5.97 Å². The third-order valence-electron chi connectivity index (χ3n) is 8.21. The van der Waals surface area contributed by atoms with E-state index in [1.54, 1.807) is 12.1 Å². The fraction of sp³-hybridized carbons (Fsp3) is 0.567. The average Bonchev–Trinajstić information content (AvgIpc) is 2.85. The second kappa shape index (κ2) is 11.3. The molecule has 0 aliphatic heterocycles. The first-order chi connectivity index (χ1) is 16.1. The number of ether oxygens (including phenoxy) is 1. The fourth-order valence-corrected chi connectivity index (χ4v) is 6.02. The summed E-state index contributed by atoms with van der Waals surface area (Å²) < 4.78 is 20.3. The van der Waals surface area contributed by atoms with Crippen molar-refractivity contribution in [3.05, 3.63) is 65.0 Å². The normalized spacial score (nSPS) is 25.5. The van der Waals surface area contributed by atoms with E-state index in [2.05, 4.69) is 26.0 Å². The van der Waals surface area contributed by atoms with Crippen LogP contribution in [0.25, 0.3) is 0 Å². The van der Waals surface area contributed by atoms with Gasteiger partial charge < -0.3 is 4.74 Å². The van der Waals surface area contributed by atoms with Gasteiger partial charge in [-0.25, -0.2) is 9.18 Å². The van der Waals surface area contributed by atoms with E-state index in [0.717, 1.165) is 30.2 Å². The van der Waals surface area contributed by atoms with Crippen molar-refractivity contribution in [3.8, 4) is 5.75 Å². The summed E-state index contributed by atoms with van der Waals surface area (Å²) in [5.74, 6) is 2.07. The quantitative estimate of drug-likeness (QED) is 0.311. The monoisotopic (exact) mass is 450 g/mol. The first-order valence-electron chi connectivity index (χ1n) is 13.2. The van der Waals surface area contributed by atoms with Crippen LogP contribution in [0.15, 0.2) is 42.5 Å². The summed E-state index contributed by atoms with van der Waals surface area (Å²) in [6.45, 7) is 4.52. The Kier molecular flexibility index (Phi) is 8.22. The zero-order valence-corrected chi connectivity index (χ0v) is 20.3. The molecule has 3 heteroatoms. The van der Waals surface area contributed by atoms with Crippen molar-refractivity contribution in [3.63, 3.8) is 0 Å². The van der Waals surface area contributed by atoms with Crippen molar-refractivity contribution in [1.29, 1.82) is 0 Å². The van der Waals surface area contributed by atoms with Gasteiger partial charge in [0, 0.05) is 0 Å². The highest BCUT2D eigenvalue weighted by atomic mass is 19.1. The molecule has 33 heavy (non-hydrogen) atoms. The van der Waals surface area contributed by atoms with Crippen molar-refractivity contribution in [2.24, 2.45) is 11.8 Å². The SMILES string of the molecule is CCC[C@H]1CC[C@H](c2ccc(OC(=O)c3ccc(C4CCC(CC)CC4)cc3F)cc2)CC1. The number of carbonyl (C=O) groups excluding carboxylic acids is 1. The van der Waals surface area contributed by atoms with Gasteiger partial charge in [-0.1, -0.05) is 51.3 Å². The molecular weight excluding hydrogens is 411 g/mol. The third kappa shape index (κ3) is 6.05. The lowest BCUT2D eigenvalue weighted by molar-refractivity contribution is 0.0730. The van der Waals surface area contributed by atoms with E-state index in [1.165, 1.54) is 63.4 Å². The molecule has 0 radical (unpaired) electrons. The minimum Gasteiger partial charge on any atom is -0.423 e. The molecule has 0 bridgehead atoms. The molecule has 2 aromatic rings. The molecule has 2 aliphatic carbocycles. The predicted molar refractivity (Wildman–Crippen MR) is 132 cm³/mol. The highest BCUT2D eigenvalue weighted by Crippen LogP contribution is 2.39. The molecule has 0 atom stereocenters. The van der Waals surface area contributed by atoms with E-state index in [-0.39, 0.29) is 5.56 Å². The van der Waals surface area contributed by atoms with Crippen LogP contribution in [0.2, 0.25) is 0 Å². The minimum absolute atomic E-state index is 0.0133. The molecular formula is C30H39FO2. The van der Waals surface area contributed by atoms with Crippen LogP contribution in [0.1, 0.15) is 118 Å². The molecule has 4 rings (SSSR count). The second-order valence-electron chi connectivity index (χ2n) is 10.3. The maximum Gasteiger partial charge on any atom is 0.346 e. The summed E-state index contributed by atoms with van der Waals surface area (Å²) >= 11 is 0. The number of hydrogen-bond donors (Lipinski definition) is 0. The Morgan fingerprint density at radius 2 is 1.39 bits per heavy atom. The molecule has 0 amide bonds. The van der Waals surface area contributed by atoms with Crippen LogP contribution in [-0.2, 0) is 0 Å². The summed E-state index contributed by atoms with van der Waals surface area (Å²) in [5, 5.41) is 0. The molecule has 0 heterocycles. The number of benzene rings is 2. The van der Waals surface area contributed by atoms with Crippen molar-refractivity contribution >= 4 is 5.97 Å². The minimum atomic E-state index is -0.624. The number of carbonyl (C=O) groups is 1. The maximum absolute atomic E-state index is 14.8. The molecule has 2 nitrogen and oxygen atoms in total. The van der Waals surface area contributed by atoms with E-state index >= 15 is 0 Å². The Morgan fingerprint density at radius 3 is 1.97 bits per heavy atom. The van der Waals surface area contributed by atoms with Gasteiger partial charge in [-0.3, -0.25) is 0 Å². The van der Waals surface area contributed by atoms with Crippen molar-refractivity contribution in [1.82, 2.24) is 0 Å². The van der Waals surface area contributed by atoms with Crippen LogP contribution in [0.4, 0.5) is 4.39 Å². The molecule has 2 aliphatic rings. The van der Waals surface area contributed by atoms with Gasteiger partial charge in [-0.15, -0.1) is 0 Å². The first-order valence-corrected chi connectivity index (χ1v) is 13.2. The van der Waals surface area contributed by atoms with Crippen LogP contribution < -0.4 is 4.74 Å². The summed E-state index contributed by atoms with van der Waals surface area (Å²) in [6.07, 6.45) is 13.6. The van der Waals surface area contributed by atoms with E-state index in [1.807, 2.05) is 18.2 Å². The Balaban J connectivity index is 1.33. The van der Waals surface area contributed by atoms with E-state index in [0.29, 0.717) is 17.6 Å². The number of hydrogen-bond acceptors (Lipinski definition) is 2. The largest absolute Gasteiger partial charge is 0.423 e. The van der Waals surface area contributed by atoms with Crippen LogP contribution in [0.3, 0.4) is 0 Å². The van der Waals surface area contributed by atoms with Crippen molar-refractivity contribution < 1.29 is 13.9 Å². The third-order valence-corrected chi connectivity index (χ3v) is 8.21. The van der Waals surface area contributed by atoms with E-state index in [4.69, 9.17) is 4.74 Å². The lowest BCUT2D eigenvalue weighted by atomic mass is 9.77. The molecule has 2 fully saturated rings. The molecule has 2 saturated carbocycles. The van der Waals surface area contributed by atoms with Crippen molar-refractivity contribution in [2.45, 2.75) is 96.3 Å². The van der Waals surface area contributed by atoms with Gasteiger partial charge in [0.2, 0.25) is 0 Å².